The lowest BCUT2D eigenvalue weighted by molar-refractivity contribution is -0.107. The largest absolute Gasteiger partial charge is 0.439 e. The van der Waals surface area contributed by atoms with E-state index in [0.29, 0.717) is 11.8 Å². The molecule has 0 spiro atoms. The first-order valence-electron chi connectivity index (χ1n) is 5.16. The summed E-state index contributed by atoms with van der Waals surface area (Å²) >= 11 is 0.389. The van der Waals surface area contributed by atoms with Crippen molar-refractivity contribution < 1.29 is 33.2 Å². The van der Waals surface area contributed by atoms with Gasteiger partial charge in [0.05, 0.1) is 19.3 Å². The Hall–Kier alpha value is -0.350. The van der Waals surface area contributed by atoms with Crippen LogP contribution < -0.4 is 0 Å². The normalized spacial score (nSPS) is 25.7. The second-order valence-corrected chi connectivity index (χ2v) is 4.93. The van der Waals surface area contributed by atoms with Crippen molar-refractivity contribution in [2.24, 2.45) is 4.99 Å². The number of aliphatic hydroxyl groups excluding tert-OH is 3. The Morgan fingerprint density at radius 1 is 1.50 bits per heavy atom. The molecule has 1 rings (SSSR count). The van der Waals surface area contributed by atoms with E-state index in [2.05, 4.69) is 4.99 Å². The van der Waals surface area contributed by atoms with Crippen molar-refractivity contribution in [1.29, 1.82) is 0 Å². The SMILES string of the molecule is C[C@@H](O)[C@H](O)[C@@H](CO)OC1CN=C(C(F)(F)F)S1. The van der Waals surface area contributed by atoms with Crippen molar-refractivity contribution in [3.05, 3.63) is 0 Å². The van der Waals surface area contributed by atoms with E-state index < -0.39 is 41.6 Å². The Bertz CT molecular complexity index is 311. The molecule has 0 amide bonds. The first-order valence-corrected chi connectivity index (χ1v) is 6.04. The smallest absolute Gasteiger partial charge is 0.394 e. The van der Waals surface area contributed by atoms with Crippen LogP contribution in [0.5, 0.6) is 0 Å². The molecule has 9 heteroatoms. The third-order valence-electron chi connectivity index (χ3n) is 2.25. The lowest BCUT2D eigenvalue weighted by Crippen LogP contribution is -2.41. The summed E-state index contributed by atoms with van der Waals surface area (Å²) in [5.41, 5.74) is -0.924. The van der Waals surface area contributed by atoms with Crippen LogP contribution in [0.15, 0.2) is 4.99 Å². The van der Waals surface area contributed by atoms with Gasteiger partial charge in [-0.25, -0.2) is 0 Å². The zero-order valence-corrected chi connectivity index (χ0v) is 10.3. The number of ether oxygens (including phenoxy) is 1. The molecule has 0 aromatic carbocycles. The molecule has 4 atom stereocenters. The van der Waals surface area contributed by atoms with Crippen LogP contribution in [0.2, 0.25) is 0 Å². The lowest BCUT2D eigenvalue weighted by atomic mass is 10.1. The van der Waals surface area contributed by atoms with Gasteiger partial charge in [0.2, 0.25) is 0 Å². The molecule has 5 nitrogen and oxygen atoms in total. The summed E-state index contributed by atoms with van der Waals surface area (Å²) < 4.78 is 42.0. The lowest BCUT2D eigenvalue weighted by Gasteiger charge is -2.25. The zero-order valence-electron chi connectivity index (χ0n) is 9.46. The van der Waals surface area contributed by atoms with Crippen LogP contribution in [0.3, 0.4) is 0 Å². The molecule has 1 heterocycles. The fourth-order valence-electron chi connectivity index (χ4n) is 1.32. The van der Waals surface area contributed by atoms with E-state index in [1.807, 2.05) is 0 Å². The van der Waals surface area contributed by atoms with E-state index in [1.54, 1.807) is 0 Å². The van der Waals surface area contributed by atoms with Gasteiger partial charge in [0, 0.05) is 0 Å². The predicted octanol–water partition coefficient (Wildman–Crippen LogP) is 0.139. The fourth-order valence-corrected chi connectivity index (χ4v) is 2.20. The van der Waals surface area contributed by atoms with Crippen molar-refractivity contribution in [3.63, 3.8) is 0 Å². The van der Waals surface area contributed by atoms with Gasteiger partial charge in [0.15, 0.2) is 5.04 Å². The topological polar surface area (TPSA) is 82.3 Å². The molecule has 0 saturated carbocycles. The summed E-state index contributed by atoms with van der Waals surface area (Å²) in [4.78, 5) is 3.28. The number of thioether (sulfide) groups is 1. The summed E-state index contributed by atoms with van der Waals surface area (Å²) in [6, 6.07) is 0. The second-order valence-electron chi connectivity index (χ2n) is 3.78. The molecule has 0 fully saturated rings. The predicted molar refractivity (Wildman–Crippen MR) is 59.4 cm³/mol. The molecule has 0 saturated heterocycles. The molecule has 0 radical (unpaired) electrons. The van der Waals surface area contributed by atoms with Crippen LogP contribution in [0.1, 0.15) is 6.92 Å². The van der Waals surface area contributed by atoms with Gasteiger partial charge in [-0.3, -0.25) is 4.99 Å². The molecule has 3 N–H and O–H groups in total. The van der Waals surface area contributed by atoms with Crippen LogP contribution in [-0.2, 0) is 4.74 Å². The van der Waals surface area contributed by atoms with E-state index in [-0.39, 0.29) is 6.54 Å². The number of halogens is 3. The molecule has 1 aliphatic rings. The highest BCUT2D eigenvalue weighted by Crippen LogP contribution is 2.33. The van der Waals surface area contributed by atoms with Crippen molar-refractivity contribution in [2.75, 3.05) is 13.2 Å². The van der Waals surface area contributed by atoms with Crippen molar-refractivity contribution >= 4 is 16.8 Å². The third-order valence-corrected chi connectivity index (χ3v) is 3.36. The quantitative estimate of drug-likeness (QED) is 0.670. The molecular formula is C9H14F3NO4S. The number of alkyl halides is 3. The van der Waals surface area contributed by atoms with Crippen LogP contribution in [-0.4, -0.2) is 63.4 Å². The molecule has 0 aliphatic carbocycles. The minimum Gasteiger partial charge on any atom is -0.394 e. The molecule has 106 valence electrons. The van der Waals surface area contributed by atoms with E-state index >= 15 is 0 Å². The maximum Gasteiger partial charge on any atom is 0.439 e. The van der Waals surface area contributed by atoms with Gasteiger partial charge in [-0.15, -0.1) is 0 Å². The van der Waals surface area contributed by atoms with Gasteiger partial charge in [0.25, 0.3) is 0 Å². The van der Waals surface area contributed by atoms with E-state index in [9.17, 15) is 18.3 Å². The maximum absolute atomic E-state index is 12.3. The molecule has 1 aliphatic heterocycles. The highest BCUT2D eigenvalue weighted by atomic mass is 32.2. The first-order chi connectivity index (χ1) is 8.25. The highest BCUT2D eigenvalue weighted by Gasteiger charge is 2.42. The van der Waals surface area contributed by atoms with Gasteiger partial charge in [-0.05, 0) is 6.92 Å². The molecule has 0 bridgehead atoms. The minimum atomic E-state index is -4.51. The molecule has 18 heavy (non-hydrogen) atoms. The van der Waals surface area contributed by atoms with Gasteiger partial charge in [-0.2, -0.15) is 13.2 Å². The van der Waals surface area contributed by atoms with Gasteiger partial charge < -0.3 is 20.1 Å². The van der Waals surface area contributed by atoms with Crippen LogP contribution in [0.4, 0.5) is 13.2 Å². The first kappa shape index (κ1) is 15.7. The number of nitrogens with zero attached hydrogens (tertiary/aromatic N) is 1. The minimum absolute atomic E-state index is 0.206. The summed E-state index contributed by atoms with van der Waals surface area (Å²) in [7, 11) is 0. The van der Waals surface area contributed by atoms with Crippen molar-refractivity contribution in [3.8, 4) is 0 Å². The number of aliphatic imine (C=N–C) groups is 1. The van der Waals surface area contributed by atoms with Gasteiger partial charge >= 0.3 is 6.18 Å². The summed E-state index contributed by atoms with van der Waals surface area (Å²) in [6.07, 6.45) is -8.19. The average molecular weight is 289 g/mol. The Labute approximate surface area is 106 Å². The Kier molecular flexibility index (Phi) is 5.41. The fraction of sp³-hybridized carbons (Fsp3) is 0.889. The molecule has 0 aromatic heterocycles. The standard InChI is InChI=1S/C9H14F3NO4S/c1-4(15)7(16)5(3-14)17-6-2-13-8(18-6)9(10,11)12/h4-7,14-16H,2-3H2,1H3/t4-,5-,6?,7+/m1/s1. The number of hydrogen-bond donors (Lipinski definition) is 3. The van der Waals surface area contributed by atoms with Crippen LogP contribution in [0.25, 0.3) is 0 Å². The summed E-state index contributed by atoms with van der Waals surface area (Å²) in [5, 5.41) is 26.6. The van der Waals surface area contributed by atoms with Gasteiger partial charge in [0.1, 0.15) is 17.6 Å². The van der Waals surface area contributed by atoms with E-state index in [4.69, 9.17) is 14.9 Å². The third kappa shape index (κ3) is 4.09. The van der Waals surface area contributed by atoms with E-state index in [0.717, 1.165) is 0 Å². The Morgan fingerprint density at radius 2 is 2.11 bits per heavy atom. The summed E-state index contributed by atoms with van der Waals surface area (Å²) in [5.74, 6) is 0. The van der Waals surface area contributed by atoms with Gasteiger partial charge in [-0.1, -0.05) is 11.8 Å². The number of hydrogen-bond acceptors (Lipinski definition) is 6. The maximum atomic E-state index is 12.3. The second kappa shape index (κ2) is 6.20. The monoisotopic (exact) mass is 289 g/mol. The van der Waals surface area contributed by atoms with Crippen LogP contribution in [0, 0.1) is 0 Å². The highest BCUT2D eigenvalue weighted by molar-refractivity contribution is 8.14. The number of aliphatic hydroxyl groups is 3. The van der Waals surface area contributed by atoms with Crippen LogP contribution >= 0.6 is 11.8 Å². The van der Waals surface area contributed by atoms with E-state index in [1.165, 1.54) is 6.92 Å². The number of rotatable bonds is 5. The summed E-state index contributed by atoms with van der Waals surface area (Å²) in [6.45, 7) is 0.475. The molecule has 0 aromatic rings. The zero-order chi connectivity index (χ0) is 13.9. The molecule has 1 unspecified atom stereocenters. The average Bonchev–Trinajstić information content (AvgIpc) is 2.72. The molecular weight excluding hydrogens is 275 g/mol. The Balaban J connectivity index is 2.51. The van der Waals surface area contributed by atoms with Crippen molar-refractivity contribution in [2.45, 2.75) is 36.8 Å². The van der Waals surface area contributed by atoms with Crippen molar-refractivity contribution in [1.82, 2.24) is 0 Å². The Morgan fingerprint density at radius 3 is 2.50 bits per heavy atom.